The van der Waals surface area contributed by atoms with E-state index in [1.54, 1.807) is 6.92 Å². The van der Waals surface area contributed by atoms with E-state index in [1.165, 1.54) is 18.7 Å². The largest absolute Gasteiger partial charge is 0.478 e. The molecule has 0 amide bonds. The van der Waals surface area contributed by atoms with Crippen molar-refractivity contribution in [1.29, 1.82) is 0 Å². The first-order valence-electron chi connectivity index (χ1n) is 4.04. The monoisotopic (exact) mass is 214 g/mol. The number of allylic oxidation sites excluding steroid dienone is 1. The summed E-state index contributed by atoms with van der Waals surface area (Å²) in [6, 6.07) is 0. The minimum absolute atomic E-state index is 0.104. The Kier molecular flexibility index (Phi) is 5.23. The summed E-state index contributed by atoms with van der Waals surface area (Å²) in [7, 11) is 0. The van der Waals surface area contributed by atoms with Crippen LogP contribution in [0.4, 0.5) is 0 Å². The van der Waals surface area contributed by atoms with E-state index in [1.807, 2.05) is 6.26 Å². The van der Waals surface area contributed by atoms with E-state index < -0.39 is 5.97 Å². The second-order valence-electron chi connectivity index (χ2n) is 2.95. The SMILES string of the molecule is C=C(C)C(=O)C(CSC)=C(C)C(=O)O. The maximum atomic E-state index is 11.5. The molecule has 78 valence electrons. The fourth-order valence-corrected chi connectivity index (χ4v) is 1.51. The number of carboxylic acids is 1. The van der Waals surface area contributed by atoms with Crippen molar-refractivity contribution in [3.63, 3.8) is 0 Å². The molecule has 0 bridgehead atoms. The Morgan fingerprint density at radius 2 is 1.86 bits per heavy atom. The van der Waals surface area contributed by atoms with Gasteiger partial charge in [-0.05, 0) is 25.7 Å². The Hall–Kier alpha value is -1.03. The molecule has 0 fully saturated rings. The molecule has 0 saturated carbocycles. The zero-order valence-electron chi connectivity index (χ0n) is 8.59. The average Bonchev–Trinajstić information content (AvgIpc) is 2.11. The molecule has 0 radical (unpaired) electrons. The lowest BCUT2D eigenvalue weighted by Gasteiger charge is -2.06. The lowest BCUT2D eigenvalue weighted by atomic mass is 10.0. The first-order chi connectivity index (χ1) is 6.41. The molecule has 0 saturated heterocycles. The molecule has 0 atom stereocenters. The van der Waals surface area contributed by atoms with Crippen LogP contribution >= 0.6 is 11.8 Å². The van der Waals surface area contributed by atoms with Crippen molar-refractivity contribution in [2.45, 2.75) is 13.8 Å². The van der Waals surface area contributed by atoms with Crippen molar-refractivity contribution in [1.82, 2.24) is 0 Å². The van der Waals surface area contributed by atoms with E-state index in [4.69, 9.17) is 5.11 Å². The Labute approximate surface area is 87.9 Å². The lowest BCUT2D eigenvalue weighted by Crippen LogP contribution is -2.12. The van der Waals surface area contributed by atoms with Gasteiger partial charge in [0.2, 0.25) is 0 Å². The maximum Gasteiger partial charge on any atom is 0.331 e. The zero-order valence-corrected chi connectivity index (χ0v) is 9.40. The van der Waals surface area contributed by atoms with Crippen LogP contribution in [-0.2, 0) is 9.59 Å². The highest BCUT2D eigenvalue weighted by molar-refractivity contribution is 7.98. The smallest absolute Gasteiger partial charge is 0.331 e. The molecule has 0 aliphatic carbocycles. The van der Waals surface area contributed by atoms with Crippen LogP contribution in [0.15, 0.2) is 23.3 Å². The third kappa shape index (κ3) is 3.38. The summed E-state index contributed by atoms with van der Waals surface area (Å²) in [4.78, 5) is 22.2. The van der Waals surface area contributed by atoms with Gasteiger partial charge in [0, 0.05) is 16.9 Å². The highest BCUT2D eigenvalue weighted by Crippen LogP contribution is 2.14. The summed E-state index contributed by atoms with van der Waals surface area (Å²) in [5, 5.41) is 8.76. The molecule has 4 heteroatoms. The van der Waals surface area contributed by atoms with Gasteiger partial charge in [0.15, 0.2) is 5.78 Å². The number of carbonyl (C=O) groups is 2. The molecule has 0 aromatic carbocycles. The second-order valence-corrected chi connectivity index (χ2v) is 3.82. The first-order valence-corrected chi connectivity index (χ1v) is 5.43. The lowest BCUT2D eigenvalue weighted by molar-refractivity contribution is -0.133. The van der Waals surface area contributed by atoms with Gasteiger partial charge in [0.25, 0.3) is 0 Å². The van der Waals surface area contributed by atoms with E-state index in [9.17, 15) is 9.59 Å². The number of hydrogen-bond acceptors (Lipinski definition) is 3. The standard InChI is InChI=1S/C10H14O3S/c1-6(2)9(11)8(5-14-4)7(3)10(12)13/h1,5H2,2-4H3,(H,12,13). The Morgan fingerprint density at radius 3 is 2.14 bits per heavy atom. The number of aliphatic carboxylic acids is 1. The molecular weight excluding hydrogens is 200 g/mol. The molecule has 3 nitrogen and oxygen atoms in total. The molecule has 14 heavy (non-hydrogen) atoms. The third-order valence-corrected chi connectivity index (χ3v) is 2.30. The predicted octanol–water partition coefficient (Wildman–Crippen LogP) is 1.90. The minimum atomic E-state index is -1.05. The number of hydrogen-bond donors (Lipinski definition) is 1. The van der Waals surface area contributed by atoms with Gasteiger partial charge < -0.3 is 5.11 Å². The summed E-state index contributed by atoms with van der Waals surface area (Å²) < 4.78 is 0. The number of Topliss-reactive ketones (excluding diaryl/α,β-unsaturated/α-hetero) is 1. The van der Waals surface area contributed by atoms with Crippen LogP contribution in [0.1, 0.15) is 13.8 Å². The van der Waals surface area contributed by atoms with Crippen LogP contribution < -0.4 is 0 Å². The highest BCUT2D eigenvalue weighted by Gasteiger charge is 2.16. The number of carbonyl (C=O) groups excluding carboxylic acids is 1. The molecule has 0 rings (SSSR count). The normalized spacial score (nSPS) is 11.9. The van der Waals surface area contributed by atoms with Crippen molar-refractivity contribution in [2.24, 2.45) is 0 Å². The van der Waals surface area contributed by atoms with Crippen molar-refractivity contribution < 1.29 is 14.7 Å². The summed E-state index contributed by atoms with van der Waals surface area (Å²) in [5.74, 6) is -0.910. The molecule has 0 unspecified atom stereocenters. The summed E-state index contributed by atoms with van der Waals surface area (Å²) >= 11 is 1.42. The predicted molar refractivity (Wildman–Crippen MR) is 58.5 cm³/mol. The van der Waals surface area contributed by atoms with Crippen LogP contribution in [0.2, 0.25) is 0 Å². The summed E-state index contributed by atoms with van der Waals surface area (Å²) in [6.07, 6.45) is 1.82. The molecular formula is C10H14O3S. The molecule has 0 heterocycles. The van der Waals surface area contributed by atoms with Crippen molar-refractivity contribution in [3.8, 4) is 0 Å². The molecule has 0 aliphatic rings. The third-order valence-electron chi connectivity index (χ3n) is 1.72. The molecule has 0 aliphatic heterocycles. The first kappa shape index (κ1) is 13.0. The van der Waals surface area contributed by atoms with Crippen molar-refractivity contribution >= 4 is 23.5 Å². The van der Waals surface area contributed by atoms with Gasteiger partial charge in [-0.3, -0.25) is 4.79 Å². The molecule has 1 N–H and O–H groups in total. The highest BCUT2D eigenvalue weighted by atomic mass is 32.2. The zero-order chi connectivity index (χ0) is 11.3. The van der Waals surface area contributed by atoms with Gasteiger partial charge >= 0.3 is 5.97 Å². The van der Waals surface area contributed by atoms with Gasteiger partial charge in [-0.2, -0.15) is 11.8 Å². The van der Waals surface area contributed by atoms with E-state index in [-0.39, 0.29) is 11.4 Å². The van der Waals surface area contributed by atoms with Gasteiger partial charge in [-0.15, -0.1) is 0 Å². The van der Waals surface area contributed by atoms with Crippen LogP contribution in [0.5, 0.6) is 0 Å². The van der Waals surface area contributed by atoms with E-state index >= 15 is 0 Å². The molecule has 0 spiro atoms. The fourth-order valence-electron chi connectivity index (χ4n) is 0.875. The summed E-state index contributed by atoms with van der Waals surface area (Å²) in [6.45, 7) is 6.53. The van der Waals surface area contributed by atoms with Crippen molar-refractivity contribution in [2.75, 3.05) is 12.0 Å². The molecule has 0 aromatic rings. The van der Waals surface area contributed by atoms with Crippen LogP contribution in [0.3, 0.4) is 0 Å². The average molecular weight is 214 g/mol. The Bertz CT molecular complexity index is 302. The van der Waals surface area contributed by atoms with Gasteiger partial charge in [-0.25, -0.2) is 4.79 Å². The molecule has 0 aromatic heterocycles. The van der Waals surface area contributed by atoms with E-state index in [2.05, 4.69) is 6.58 Å². The quantitative estimate of drug-likeness (QED) is 0.710. The van der Waals surface area contributed by atoms with E-state index in [0.717, 1.165) is 0 Å². The van der Waals surface area contributed by atoms with Gasteiger partial charge in [0.1, 0.15) is 0 Å². The topological polar surface area (TPSA) is 54.4 Å². The number of rotatable bonds is 5. The minimum Gasteiger partial charge on any atom is -0.478 e. The number of carboxylic acid groups (broad SMARTS) is 1. The van der Waals surface area contributed by atoms with Crippen LogP contribution in [-0.4, -0.2) is 28.9 Å². The Balaban J connectivity index is 5.13. The van der Waals surface area contributed by atoms with Crippen LogP contribution in [0, 0.1) is 0 Å². The second kappa shape index (κ2) is 5.65. The van der Waals surface area contributed by atoms with Crippen molar-refractivity contribution in [3.05, 3.63) is 23.3 Å². The maximum absolute atomic E-state index is 11.5. The summed E-state index contributed by atoms with van der Waals surface area (Å²) in [5.41, 5.74) is 0.805. The van der Waals surface area contributed by atoms with Gasteiger partial charge in [0.05, 0.1) is 0 Å². The Morgan fingerprint density at radius 1 is 1.36 bits per heavy atom. The van der Waals surface area contributed by atoms with Crippen LogP contribution in [0.25, 0.3) is 0 Å². The fraction of sp³-hybridized carbons (Fsp3) is 0.400. The van der Waals surface area contributed by atoms with E-state index in [0.29, 0.717) is 16.9 Å². The number of ketones is 1. The number of thioether (sulfide) groups is 1. The van der Waals surface area contributed by atoms with Gasteiger partial charge in [-0.1, -0.05) is 6.58 Å².